The predicted octanol–water partition coefficient (Wildman–Crippen LogP) is 4.18. The maximum absolute atomic E-state index is 11.9. The van der Waals surface area contributed by atoms with Gasteiger partial charge in [-0.05, 0) is 79.4 Å². The van der Waals surface area contributed by atoms with Gasteiger partial charge in [-0.25, -0.2) is 0 Å². The van der Waals surface area contributed by atoms with E-state index in [0.717, 1.165) is 51.4 Å². The van der Waals surface area contributed by atoms with Crippen molar-refractivity contribution in [1.82, 2.24) is 0 Å². The number of hydrogen-bond acceptors (Lipinski definition) is 4. The fourth-order valence-electron chi connectivity index (χ4n) is 7.27. The van der Waals surface area contributed by atoms with Crippen LogP contribution in [0.3, 0.4) is 0 Å². The largest absolute Gasteiger partial charge is 0.310 e. The Kier molecular flexibility index (Phi) is 3.70. The van der Waals surface area contributed by atoms with Gasteiger partial charge in [-0.15, -0.1) is 10.1 Å². The maximum atomic E-state index is 11.9. The van der Waals surface area contributed by atoms with Gasteiger partial charge in [0.25, 0.3) is 5.09 Å². The SMILES string of the molecule is C[C@]12CCC(=O)C[C@@H]1CC[C@@H]1[C@@H]2CC[C@]2(C)[C@@H](O[N+](=O)[O-])CC[C@@H]12. The first-order valence-electron chi connectivity index (χ1n) is 9.67. The summed E-state index contributed by atoms with van der Waals surface area (Å²) < 4.78 is 0. The minimum atomic E-state index is -0.588. The minimum absolute atomic E-state index is 0.0398. The van der Waals surface area contributed by atoms with Gasteiger partial charge in [-0.3, -0.25) is 4.79 Å². The number of carbonyl (C=O) groups is 1. The molecule has 0 unspecified atom stereocenters. The van der Waals surface area contributed by atoms with Crippen molar-refractivity contribution in [3.63, 3.8) is 0 Å². The fraction of sp³-hybridized carbons (Fsp3) is 0.947. The van der Waals surface area contributed by atoms with E-state index in [4.69, 9.17) is 4.84 Å². The summed E-state index contributed by atoms with van der Waals surface area (Å²) in [6.45, 7) is 4.66. The first kappa shape index (κ1) is 16.3. The highest BCUT2D eigenvalue weighted by Crippen LogP contribution is 2.66. The Bertz CT molecular complexity index is 564. The highest BCUT2D eigenvalue weighted by atomic mass is 17.0. The van der Waals surface area contributed by atoms with E-state index in [1.165, 1.54) is 6.42 Å². The lowest BCUT2D eigenvalue weighted by molar-refractivity contribution is -0.772. The van der Waals surface area contributed by atoms with Crippen molar-refractivity contribution < 1.29 is 14.7 Å². The molecule has 0 spiro atoms. The molecule has 0 N–H and O–H groups in total. The molecule has 7 atom stereocenters. The quantitative estimate of drug-likeness (QED) is 0.561. The van der Waals surface area contributed by atoms with Crippen LogP contribution in [0.4, 0.5) is 0 Å². The van der Waals surface area contributed by atoms with E-state index >= 15 is 0 Å². The second-order valence-electron chi connectivity index (χ2n) is 9.34. The standard InChI is InChI=1S/C19H29NO4/c1-18-9-7-13(21)11-12(18)3-4-14-15-5-6-17(24-20(22)23)19(15,2)10-8-16(14)18/h12,14-17H,3-11H2,1-2H3/t12-,14-,15-,16-,17-,18-,19-/m0/s1. The molecule has 0 amide bonds. The summed E-state index contributed by atoms with van der Waals surface area (Å²) in [4.78, 5) is 27.9. The van der Waals surface area contributed by atoms with Crippen LogP contribution < -0.4 is 0 Å². The molecule has 0 radical (unpaired) electrons. The molecule has 0 saturated heterocycles. The van der Waals surface area contributed by atoms with Gasteiger partial charge in [0.15, 0.2) is 0 Å². The van der Waals surface area contributed by atoms with Crippen LogP contribution in [0.15, 0.2) is 0 Å². The van der Waals surface area contributed by atoms with Gasteiger partial charge in [0, 0.05) is 12.8 Å². The molecule has 24 heavy (non-hydrogen) atoms. The molecule has 0 heterocycles. The predicted molar refractivity (Wildman–Crippen MR) is 88.6 cm³/mol. The van der Waals surface area contributed by atoms with Crippen molar-refractivity contribution in [2.75, 3.05) is 0 Å². The molecule has 0 aromatic heterocycles. The molecular weight excluding hydrogens is 306 g/mol. The van der Waals surface area contributed by atoms with Gasteiger partial charge in [0.2, 0.25) is 0 Å². The third kappa shape index (κ3) is 2.22. The number of carbonyl (C=O) groups excluding carboxylic acids is 1. The lowest BCUT2D eigenvalue weighted by atomic mass is 9.45. The van der Waals surface area contributed by atoms with E-state index < -0.39 is 5.09 Å². The first-order chi connectivity index (χ1) is 11.3. The Morgan fingerprint density at radius 2 is 1.79 bits per heavy atom. The number of hydrogen-bond donors (Lipinski definition) is 0. The van der Waals surface area contributed by atoms with Crippen molar-refractivity contribution in [2.45, 2.75) is 77.7 Å². The van der Waals surface area contributed by atoms with Crippen molar-refractivity contribution in [1.29, 1.82) is 0 Å². The van der Waals surface area contributed by atoms with E-state index in [1.807, 2.05) is 0 Å². The van der Waals surface area contributed by atoms with Crippen LogP contribution >= 0.6 is 0 Å². The lowest BCUT2D eigenvalue weighted by Gasteiger charge is -2.60. The van der Waals surface area contributed by atoms with E-state index in [2.05, 4.69) is 13.8 Å². The van der Waals surface area contributed by atoms with Gasteiger partial charge in [0.05, 0.1) is 0 Å². The zero-order valence-corrected chi connectivity index (χ0v) is 14.8. The second-order valence-corrected chi connectivity index (χ2v) is 9.34. The van der Waals surface area contributed by atoms with E-state index in [9.17, 15) is 14.9 Å². The molecule has 0 aromatic rings. The van der Waals surface area contributed by atoms with Gasteiger partial charge < -0.3 is 4.84 Å². The molecule has 0 bridgehead atoms. The highest BCUT2D eigenvalue weighted by Gasteiger charge is 2.60. The molecule has 4 fully saturated rings. The summed E-state index contributed by atoms with van der Waals surface area (Å²) in [6, 6.07) is 0. The fourth-order valence-corrected chi connectivity index (χ4v) is 7.27. The average Bonchev–Trinajstić information content (AvgIpc) is 2.84. The van der Waals surface area contributed by atoms with Crippen LogP contribution in [0.25, 0.3) is 0 Å². The summed E-state index contributed by atoms with van der Waals surface area (Å²) in [6.07, 6.45) is 8.80. The third-order valence-electron chi connectivity index (χ3n) is 8.61. The van der Waals surface area contributed by atoms with Gasteiger partial charge in [-0.2, -0.15) is 0 Å². The van der Waals surface area contributed by atoms with Gasteiger partial charge >= 0.3 is 0 Å². The number of nitrogens with zero attached hydrogens (tertiary/aromatic N) is 1. The van der Waals surface area contributed by atoms with Crippen molar-refractivity contribution in [3.05, 3.63) is 10.1 Å². The number of fused-ring (bicyclic) bond motifs is 5. The summed E-state index contributed by atoms with van der Waals surface area (Å²) >= 11 is 0. The Morgan fingerprint density at radius 3 is 2.54 bits per heavy atom. The van der Waals surface area contributed by atoms with Gasteiger partial charge in [-0.1, -0.05) is 13.8 Å². The average molecular weight is 335 g/mol. The normalized spacial score (nSPS) is 50.6. The van der Waals surface area contributed by atoms with Crippen LogP contribution in [-0.4, -0.2) is 17.0 Å². The molecule has 4 aliphatic rings. The van der Waals surface area contributed by atoms with Crippen molar-refractivity contribution in [3.8, 4) is 0 Å². The highest BCUT2D eigenvalue weighted by molar-refractivity contribution is 5.79. The van der Waals surface area contributed by atoms with Crippen LogP contribution in [0.1, 0.15) is 71.6 Å². The van der Waals surface area contributed by atoms with E-state index in [0.29, 0.717) is 34.9 Å². The van der Waals surface area contributed by atoms with E-state index in [-0.39, 0.29) is 11.5 Å². The Morgan fingerprint density at radius 1 is 1.04 bits per heavy atom. The van der Waals surface area contributed by atoms with Crippen molar-refractivity contribution in [2.24, 2.45) is 34.5 Å². The van der Waals surface area contributed by atoms with Crippen molar-refractivity contribution >= 4 is 5.78 Å². The van der Waals surface area contributed by atoms with Crippen LogP contribution in [0, 0.1) is 44.6 Å². The molecular formula is C19H29NO4. The summed E-state index contributed by atoms with van der Waals surface area (Å²) in [5.74, 6) is 2.93. The van der Waals surface area contributed by atoms with E-state index in [1.54, 1.807) is 0 Å². The molecule has 4 saturated carbocycles. The number of Topliss-reactive ketones (excluding diaryl/α,β-unsaturated/α-hetero) is 1. The minimum Gasteiger partial charge on any atom is -0.310 e. The lowest BCUT2D eigenvalue weighted by Crippen LogP contribution is -2.54. The topological polar surface area (TPSA) is 69.4 Å². The molecule has 5 nitrogen and oxygen atoms in total. The maximum Gasteiger partial charge on any atom is 0.294 e. The molecule has 134 valence electrons. The summed E-state index contributed by atoms with van der Waals surface area (Å²) in [5.41, 5.74) is 0.266. The third-order valence-corrected chi connectivity index (χ3v) is 8.61. The first-order valence-corrected chi connectivity index (χ1v) is 9.67. The molecule has 4 aliphatic carbocycles. The van der Waals surface area contributed by atoms with Crippen LogP contribution in [0.5, 0.6) is 0 Å². The van der Waals surface area contributed by atoms with Crippen LogP contribution in [0.2, 0.25) is 0 Å². The zero-order valence-electron chi connectivity index (χ0n) is 14.8. The second kappa shape index (κ2) is 5.43. The summed E-state index contributed by atoms with van der Waals surface area (Å²) in [5, 5.41) is 10.3. The Labute approximate surface area is 143 Å². The monoisotopic (exact) mass is 335 g/mol. The van der Waals surface area contributed by atoms with Gasteiger partial charge in [0.1, 0.15) is 11.9 Å². The zero-order chi connectivity index (χ0) is 17.1. The molecule has 0 aromatic carbocycles. The molecule has 0 aliphatic heterocycles. The number of rotatable bonds is 2. The smallest absolute Gasteiger partial charge is 0.294 e. The Hall–Kier alpha value is -1.13. The molecule has 4 rings (SSSR count). The Balaban J connectivity index is 1.58. The number of ketones is 1. The summed E-state index contributed by atoms with van der Waals surface area (Å²) in [7, 11) is 0. The van der Waals surface area contributed by atoms with Crippen LogP contribution in [-0.2, 0) is 9.63 Å². The molecule has 5 heteroatoms.